The molecule has 4 aromatic rings. The van der Waals surface area contributed by atoms with Gasteiger partial charge in [0.05, 0.1) is 12.0 Å². The molecule has 42 heavy (non-hydrogen) atoms. The van der Waals surface area contributed by atoms with Gasteiger partial charge in [0, 0.05) is 42.3 Å². The van der Waals surface area contributed by atoms with Gasteiger partial charge < -0.3 is 15.0 Å². The quantitative estimate of drug-likeness (QED) is 0.210. The number of nitrogens with zero attached hydrogens (tertiary/aromatic N) is 2. The predicted molar refractivity (Wildman–Crippen MR) is 155 cm³/mol. The average Bonchev–Trinajstić information content (AvgIpc) is 3.49. The van der Waals surface area contributed by atoms with Crippen LogP contribution in [0, 0.1) is 5.92 Å². The Kier molecular flexibility index (Phi) is 5.86. The summed E-state index contributed by atoms with van der Waals surface area (Å²) in [4.78, 5) is 61.1. The smallest absolute Gasteiger partial charge is 0.308 e. The molecule has 7 rings (SSSR count). The van der Waals surface area contributed by atoms with Gasteiger partial charge in [-0.2, -0.15) is 0 Å². The predicted octanol–water partition coefficient (Wildman–Crippen LogP) is 4.99. The van der Waals surface area contributed by atoms with Crippen LogP contribution in [0.15, 0.2) is 104 Å². The maximum Gasteiger partial charge on any atom is 0.308 e. The van der Waals surface area contributed by atoms with Gasteiger partial charge in [-0.25, -0.2) is 0 Å². The lowest BCUT2D eigenvalue weighted by atomic mass is 9.62. The van der Waals surface area contributed by atoms with Gasteiger partial charge in [0.25, 0.3) is 0 Å². The van der Waals surface area contributed by atoms with E-state index in [1.54, 1.807) is 42.6 Å². The number of hydrogen-bond acceptors (Lipinski definition) is 7. The number of nitrogens with one attached hydrogen (secondary N) is 1. The van der Waals surface area contributed by atoms with Crippen LogP contribution in [0.2, 0.25) is 0 Å². The van der Waals surface area contributed by atoms with Gasteiger partial charge in [-0.05, 0) is 65.2 Å². The van der Waals surface area contributed by atoms with Gasteiger partial charge in [0.15, 0.2) is 11.6 Å². The van der Waals surface area contributed by atoms with Crippen molar-refractivity contribution in [3.63, 3.8) is 0 Å². The number of aromatic nitrogens is 1. The number of benzene rings is 3. The van der Waals surface area contributed by atoms with Crippen molar-refractivity contribution in [1.29, 1.82) is 0 Å². The highest BCUT2D eigenvalue weighted by molar-refractivity contribution is 6.16. The fraction of sp³-hybridized carbons (Fsp3) is 0.147. The second-order valence-corrected chi connectivity index (χ2v) is 10.7. The van der Waals surface area contributed by atoms with Crippen molar-refractivity contribution in [3.05, 3.63) is 131 Å². The number of hydrogen-bond donors (Lipinski definition) is 1. The van der Waals surface area contributed by atoms with Crippen LogP contribution in [0.25, 0.3) is 6.08 Å². The molecule has 0 saturated carbocycles. The number of para-hydroxylation sites is 1. The molecule has 8 nitrogen and oxygen atoms in total. The first-order valence-corrected chi connectivity index (χ1v) is 13.6. The molecule has 1 fully saturated rings. The topological polar surface area (TPSA) is 106 Å². The Morgan fingerprint density at radius 3 is 2.40 bits per heavy atom. The molecule has 3 aliphatic rings. The van der Waals surface area contributed by atoms with E-state index in [4.69, 9.17) is 4.74 Å². The number of carbonyl (C=O) groups is 4. The first-order valence-electron chi connectivity index (χ1n) is 13.6. The second-order valence-electron chi connectivity index (χ2n) is 10.7. The molecule has 4 atom stereocenters. The number of anilines is 1. The highest BCUT2D eigenvalue weighted by atomic mass is 16.5. The van der Waals surface area contributed by atoms with Crippen molar-refractivity contribution in [2.45, 2.75) is 24.4 Å². The van der Waals surface area contributed by atoms with E-state index >= 15 is 0 Å². The van der Waals surface area contributed by atoms with E-state index in [2.05, 4.69) is 10.3 Å². The van der Waals surface area contributed by atoms with E-state index in [1.165, 1.54) is 13.1 Å². The van der Waals surface area contributed by atoms with Crippen LogP contribution in [-0.2, 0) is 15.0 Å². The maximum absolute atomic E-state index is 14.7. The van der Waals surface area contributed by atoms with Crippen LogP contribution in [0.4, 0.5) is 5.69 Å². The highest BCUT2D eigenvalue weighted by Crippen LogP contribution is 2.62. The van der Waals surface area contributed by atoms with Gasteiger partial charge in [-0.3, -0.25) is 24.2 Å². The first kappa shape index (κ1) is 25.6. The number of carbonyl (C=O) groups excluding carboxylic acids is 4. The van der Waals surface area contributed by atoms with Crippen LogP contribution in [0.5, 0.6) is 5.75 Å². The number of fused-ring (bicyclic) bond motifs is 6. The van der Waals surface area contributed by atoms with Crippen LogP contribution < -0.4 is 10.1 Å². The number of pyridine rings is 1. The third kappa shape index (κ3) is 3.65. The first-order chi connectivity index (χ1) is 20.4. The van der Waals surface area contributed by atoms with E-state index in [0.29, 0.717) is 28.1 Å². The zero-order chi connectivity index (χ0) is 29.0. The molecule has 206 valence electrons. The van der Waals surface area contributed by atoms with Crippen molar-refractivity contribution in [1.82, 2.24) is 9.88 Å². The minimum Gasteiger partial charge on any atom is -0.427 e. The van der Waals surface area contributed by atoms with Crippen molar-refractivity contribution in [2.24, 2.45) is 5.92 Å². The summed E-state index contributed by atoms with van der Waals surface area (Å²) >= 11 is 0. The molecule has 3 aliphatic heterocycles. The minimum absolute atomic E-state index is 0.304. The van der Waals surface area contributed by atoms with Gasteiger partial charge in [-0.15, -0.1) is 0 Å². The number of ether oxygens (including phenoxy) is 1. The summed E-state index contributed by atoms with van der Waals surface area (Å²) in [6.45, 7) is 1.30. The van der Waals surface area contributed by atoms with Crippen molar-refractivity contribution >= 4 is 35.2 Å². The standard InChI is InChI=1S/C34H25N3O5/c1-20(38)42-24-14-12-22(13-15-24)31(40)29-28(30(39)23-8-6-17-35-19-23)34(26-10-4-5-11-27(26)36-33(34)41)32-25-9-3-2-7-21(25)16-18-37(29)32/h2-19,28-29,32H,1H3,(H,36,41)/t28-,29+,32-,34+/m1/s1. The third-order valence-corrected chi connectivity index (χ3v) is 8.47. The van der Waals surface area contributed by atoms with Crippen LogP contribution in [0.1, 0.15) is 50.4 Å². The van der Waals surface area contributed by atoms with E-state index in [0.717, 1.165) is 11.1 Å². The third-order valence-electron chi connectivity index (χ3n) is 8.47. The zero-order valence-electron chi connectivity index (χ0n) is 22.6. The molecule has 1 amide bonds. The van der Waals surface area contributed by atoms with E-state index in [1.807, 2.05) is 65.7 Å². The average molecular weight is 556 g/mol. The summed E-state index contributed by atoms with van der Waals surface area (Å²) in [5.74, 6) is -2.25. The minimum atomic E-state index is -1.41. The number of ketones is 2. The molecule has 8 heteroatoms. The fourth-order valence-corrected chi connectivity index (χ4v) is 6.88. The Balaban J connectivity index is 1.48. The van der Waals surface area contributed by atoms with E-state index in [9.17, 15) is 19.2 Å². The molecule has 1 spiro atoms. The molecule has 0 bridgehead atoms. The summed E-state index contributed by atoms with van der Waals surface area (Å²) in [6, 6.07) is 23.1. The Hall–Kier alpha value is -5.37. The largest absolute Gasteiger partial charge is 0.427 e. The van der Waals surface area contributed by atoms with Crippen molar-refractivity contribution in [2.75, 3.05) is 5.32 Å². The molecule has 0 unspecified atom stereocenters. The molecule has 0 aliphatic carbocycles. The molecular weight excluding hydrogens is 530 g/mol. The highest BCUT2D eigenvalue weighted by Gasteiger charge is 2.70. The normalized spacial score (nSPS) is 23.1. The number of amides is 1. The summed E-state index contributed by atoms with van der Waals surface area (Å²) in [7, 11) is 0. The zero-order valence-corrected chi connectivity index (χ0v) is 22.6. The SMILES string of the molecule is CC(=O)Oc1ccc(C(=O)[C@@H]2[C@H](C(=O)c3cccnc3)[C@]3(C(=O)Nc4ccccc43)[C@H]3c4ccccc4C=CN23)cc1. The van der Waals surface area contributed by atoms with Crippen LogP contribution in [0.3, 0.4) is 0 Å². The Bertz CT molecular complexity index is 1800. The van der Waals surface area contributed by atoms with Crippen molar-refractivity contribution in [3.8, 4) is 5.75 Å². The molecule has 0 radical (unpaired) electrons. The Morgan fingerprint density at radius 1 is 0.881 bits per heavy atom. The molecule has 1 saturated heterocycles. The molecule has 1 N–H and O–H groups in total. The number of rotatable bonds is 5. The van der Waals surface area contributed by atoms with E-state index in [-0.39, 0.29) is 17.5 Å². The molecule has 3 aromatic carbocycles. The summed E-state index contributed by atoms with van der Waals surface area (Å²) in [6.07, 6.45) is 6.80. The monoisotopic (exact) mass is 555 g/mol. The van der Waals surface area contributed by atoms with Crippen LogP contribution in [-0.4, -0.2) is 39.4 Å². The molecular formula is C34H25N3O5. The second kappa shape index (κ2) is 9.62. The van der Waals surface area contributed by atoms with Gasteiger partial charge in [0.1, 0.15) is 17.2 Å². The number of Topliss-reactive ketones (excluding diaryl/α,β-unsaturated/α-hetero) is 2. The van der Waals surface area contributed by atoms with Gasteiger partial charge in [-0.1, -0.05) is 42.5 Å². The summed E-state index contributed by atoms with van der Waals surface area (Å²) < 4.78 is 5.16. The summed E-state index contributed by atoms with van der Waals surface area (Å²) in [5.41, 5.74) is 2.31. The number of esters is 1. The van der Waals surface area contributed by atoms with Crippen molar-refractivity contribution < 1.29 is 23.9 Å². The van der Waals surface area contributed by atoms with Gasteiger partial charge >= 0.3 is 5.97 Å². The molecule has 4 heterocycles. The fourth-order valence-electron chi connectivity index (χ4n) is 6.88. The lowest BCUT2D eigenvalue weighted by Crippen LogP contribution is -2.49. The summed E-state index contributed by atoms with van der Waals surface area (Å²) in [5, 5.41) is 3.04. The van der Waals surface area contributed by atoms with Gasteiger partial charge in [0.2, 0.25) is 5.91 Å². The van der Waals surface area contributed by atoms with E-state index < -0.39 is 29.4 Å². The maximum atomic E-state index is 14.7. The Morgan fingerprint density at radius 2 is 1.64 bits per heavy atom. The Labute approximate surface area is 241 Å². The van der Waals surface area contributed by atoms with Crippen LogP contribution >= 0.6 is 0 Å². The lowest BCUT2D eigenvalue weighted by molar-refractivity contribution is -0.131. The lowest BCUT2D eigenvalue weighted by Gasteiger charge is -2.38. The molecule has 1 aromatic heterocycles.